The Kier molecular flexibility index (Phi) is 2.52. The number of benzene rings is 1. The predicted octanol–water partition coefficient (Wildman–Crippen LogP) is 2.23. The van der Waals surface area contributed by atoms with Crippen LogP contribution in [0, 0.1) is 5.41 Å². The first kappa shape index (κ1) is 11.8. The quantitative estimate of drug-likeness (QED) is 0.568. The lowest BCUT2D eigenvalue weighted by Gasteiger charge is -2.21. The largest absolute Gasteiger partial charge is 0.370 e. The van der Waals surface area contributed by atoms with Crippen molar-refractivity contribution in [3.05, 3.63) is 35.0 Å². The van der Waals surface area contributed by atoms with Crippen LogP contribution in [0.3, 0.4) is 0 Å². The second-order valence-electron chi connectivity index (χ2n) is 5.90. The number of nitrogens with zero attached hydrogens (tertiary/aromatic N) is 2. The van der Waals surface area contributed by atoms with Gasteiger partial charge in [0.25, 0.3) is 0 Å². The average molecular weight is 268 g/mol. The van der Waals surface area contributed by atoms with Gasteiger partial charge < -0.3 is 15.2 Å². The topological polar surface area (TPSA) is 58.0 Å². The number of para-hydroxylation sites is 1. The Balaban J connectivity index is 1.96. The summed E-state index contributed by atoms with van der Waals surface area (Å²) in [7, 11) is 0. The Labute approximate surface area is 118 Å². The molecule has 2 heterocycles. The minimum absolute atomic E-state index is 0.182. The molecule has 4 rings (SSSR count). The van der Waals surface area contributed by atoms with Crippen LogP contribution in [0.25, 0.3) is 10.9 Å². The molecule has 0 unspecified atom stereocenters. The van der Waals surface area contributed by atoms with Gasteiger partial charge in [-0.1, -0.05) is 18.2 Å². The van der Waals surface area contributed by atoms with Gasteiger partial charge >= 0.3 is 0 Å². The Bertz CT molecular complexity index is 698. The summed E-state index contributed by atoms with van der Waals surface area (Å²) in [6.45, 7) is 2.54. The van der Waals surface area contributed by atoms with Gasteiger partial charge in [0, 0.05) is 30.7 Å². The number of aryl methyl sites for hydroxylation is 1. The van der Waals surface area contributed by atoms with E-state index in [1.165, 1.54) is 47.8 Å². The summed E-state index contributed by atoms with van der Waals surface area (Å²) in [5.74, 6) is 0.182. The fourth-order valence-corrected chi connectivity index (χ4v) is 3.85. The summed E-state index contributed by atoms with van der Waals surface area (Å²) in [4.78, 5) is 1.97. The molecule has 0 saturated carbocycles. The minimum Gasteiger partial charge on any atom is -0.370 e. The fourth-order valence-electron chi connectivity index (χ4n) is 3.85. The number of guanidine groups is 1. The van der Waals surface area contributed by atoms with Crippen LogP contribution in [0.4, 0.5) is 0 Å². The average Bonchev–Trinajstić information content (AvgIpc) is 2.65. The van der Waals surface area contributed by atoms with Crippen molar-refractivity contribution in [3.63, 3.8) is 0 Å². The predicted molar refractivity (Wildman–Crippen MR) is 80.9 cm³/mol. The van der Waals surface area contributed by atoms with Crippen molar-refractivity contribution < 1.29 is 0 Å². The zero-order valence-electron chi connectivity index (χ0n) is 11.7. The third-order valence-corrected chi connectivity index (χ3v) is 4.77. The maximum Gasteiger partial charge on any atom is 0.188 e. The highest BCUT2D eigenvalue weighted by Gasteiger charge is 2.24. The molecule has 0 atom stereocenters. The molecule has 3 N–H and O–H groups in total. The number of aromatic nitrogens is 1. The van der Waals surface area contributed by atoms with Gasteiger partial charge in [-0.05, 0) is 36.8 Å². The number of hydrogen-bond donors (Lipinski definition) is 2. The maximum atomic E-state index is 7.72. The first-order chi connectivity index (χ1) is 9.75. The molecular formula is C16H20N4. The number of rotatable bonds is 0. The van der Waals surface area contributed by atoms with Crippen LogP contribution < -0.4 is 5.73 Å². The Hall–Kier alpha value is -1.97. The molecule has 104 valence electrons. The Morgan fingerprint density at radius 2 is 2.00 bits per heavy atom. The molecule has 4 heteroatoms. The monoisotopic (exact) mass is 268 g/mol. The van der Waals surface area contributed by atoms with Crippen molar-refractivity contribution in [3.8, 4) is 0 Å². The van der Waals surface area contributed by atoms with E-state index in [0.717, 1.165) is 19.6 Å². The van der Waals surface area contributed by atoms with E-state index in [0.29, 0.717) is 0 Å². The van der Waals surface area contributed by atoms with E-state index in [2.05, 4.69) is 22.8 Å². The van der Waals surface area contributed by atoms with E-state index in [9.17, 15) is 0 Å². The maximum absolute atomic E-state index is 7.72. The van der Waals surface area contributed by atoms with Crippen LogP contribution in [0.15, 0.2) is 18.2 Å². The summed E-state index contributed by atoms with van der Waals surface area (Å²) >= 11 is 0. The first-order valence-electron chi connectivity index (χ1n) is 7.46. The normalized spacial score (nSPS) is 17.9. The lowest BCUT2D eigenvalue weighted by molar-refractivity contribution is 0.393. The van der Waals surface area contributed by atoms with E-state index in [1.54, 1.807) is 5.56 Å². The minimum atomic E-state index is 0.182. The highest BCUT2D eigenvalue weighted by Crippen LogP contribution is 2.35. The van der Waals surface area contributed by atoms with Crippen LogP contribution in [0.5, 0.6) is 0 Å². The van der Waals surface area contributed by atoms with Gasteiger partial charge in [0.05, 0.1) is 5.52 Å². The van der Waals surface area contributed by atoms with Crippen LogP contribution in [-0.4, -0.2) is 22.0 Å². The Morgan fingerprint density at radius 1 is 1.15 bits per heavy atom. The van der Waals surface area contributed by atoms with Crippen molar-refractivity contribution >= 4 is 16.9 Å². The molecule has 4 nitrogen and oxygen atoms in total. The first-order valence-corrected chi connectivity index (χ1v) is 7.46. The van der Waals surface area contributed by atoms with Crippen molar-refractivity contribution in [1.29, 1.82) is 5.41 Å². The lowest BCUT2D eigenvalue weighted by atomic mass is 9.95. The zero-order valence-corrected chi connectivity index (χ0v) is 11.7. The molecule has 0 amide bonds. The number of nitrogens with two attached hydrogens (primary N) is 1. The van der Waals surface area contributed by atoms with Gasteiger partial charge in [-0.2, -0.15) is 0 Å². The second-order valence-corrected chi connectivity index (χ2v) is 5.90. The molecule has 0 fully saturated rings. The molecule has 1 aromatic carbocycles. The van der Waals surface area contributed by atoms with E-state index in [4.69, 9.17) is 11.1 Å². The molecule has 1 aliphatic carbocycles. The van der Waals surface area contributed by atoms with Crippen molar-refractivity contribution in [2.45, 2.75) is 38.8 Å². The number of fused-ring (bicyclic) bond motifs is 3. The van der Waals surface area contributed by atoms with E-state index in [-0.39, 0.29) is 5.96 Å². The van der Waals surface area contributed by atoms with Gasteiger partial charge in [0.15, 0.2) is 5.96 Å². The molecule has 2 aromatic rings. The fraction of sp³-hybridized carbons (Fsp3) is 0.438. The number of nitrogens with one attached hydrogen (secondary N) is 1. The summed E-state index contributed by atoms with van der Waals surface area (Å²) in [6, 6.07) is 6.61. The highest BCUT2D eigenvalue weighted by atomic mass is 15.2. The molecule has 1 aliphatic heterocycles. The van der Waals surface area contributed by atoms with Gasteiger partial charge in [0.2, 0.25) is 0 Å². The van der Waals surface area contributed by atoms with Crippen LogP contribution in [-0.2, 0) is 25.9 Å². The smallest absolute Gasteiger partial charge is 0.188 e. The molecule has 2 aliphatic rings. The molecular weight excluding hydrogens is 248 g/mol. The van der Waals surface area contributed by atoms with Crippen molar-refractivity contribution in [2.24, 2.45) is 5.73 Å². The highest BCUT2D eigenvalue weighted by molar-refractivity contribution is 5.89. The third-order valence-electron chi connectivity index (χ3n) is 4.77. The van der Waals surface area contributed by atoms with Gasteiger partial charge in [-0.25, -0.2) is 0 Å². The molecule has 0 spiro atoms. The van der Waals surface area contributed by atoms with E-state index in [1.807, 2.05) is 4.90 Å². The summed E-state index contributed by atoms with van der Waals surface area (Å²) < 4.78 is 2.50. The lowest BCUT2D eigenvalue weighted by Crippen LogP contribution is -2.37. The van der Waals surface area contributed by atoms with Crippen LogP contribution in [0.1, 0.15) is 29.7 Å². The SMILES string of the molecule is N=C(N)N1CCn2c3c(c4cccc(c42)C1)CCCC3. The summed E-state index contributed by atoms with van der Waals surface area (Å²) in [5.41, 5.74) is 11.5. The van der Waals surface area contributed by atoms with Crippen molar-refractivity contribution in [2.75, 3.05) is 6.54 Å². The van der Waals surface area contributed by atoms with Gasteiger partial charge in [0.1, 0.15) is 0 Å². The number of hydrogen-bond acceptors (Lipinski definition) is 1. The second kappa shape index (κ2) is 4.27. The molecule has 0 saturated heterocycles. The molecule has 1 aromatic heterocycles. The molecule has 20 heavy (non-hydrogen) atoms. The standard InChI is InChI=1S/C16H20N4/c17-16(18)19-8-9-20-14-7-2-1-5-12(14)13-6-3-4-11(10-19)15(13)20/h3-4,6H,1-2,5,7-10H2,(H3,17,18). The molecule has 0 bridgehead atoms. The van der Waals surface area contributed by atoms with Gasteiger partial charge in [-0.3, -0.25) is 5.41 Å². The Morgan fingerprint density at radius 3 is 2.85 bits per heavy atom. The third kappa shape index (κ3) is 1.57. The van der Waals surface area contributed by atoms with E-state index < -0.39 is 0 Å². The summed E-state index contributed by atoms with van der Waals surface area (Å²) in [5, 5.41) is 9.15. The summed E-state index contributed by atoms with van der Waals surface area (Å²) in [6.07, 6.45) is 5.03. The van der Waals surface area contributed by atoms with Crippen molar-refractivity contribution in [1.82, 2.24) is 9.47 Å². The van der Waals surface area contributed by atoms with Gasteiger partial charge in [-0.15, -0.1) is 0 Å². The zero-order chi connectivity index (χ0) is 13.7. The van der Waals surface area contributed by atoms with Crippen LogP contribution in [0.2, 0.25) is 0 Å². The molecule has 0 radical (unpaired) electrons. The van der Waals surface area contributed by atoms with Crippen LogP contribution >= 0.6 is 0 Å². The van der Waals surface area contributed by atoms with E-state index >= 15 is 0 Å².